The van der Waals surface area contributed by atoms with Gasteiger partial charge in [0.1, 0.15) is 28.8 Å². The van der Waals surface area contributed by atoms with Crippen LogP contribution in [0.3, 0.4) is 0 Å². The lowest BCUT2D eigenvalue weighted by atomic mass is 9.81. The van der Waals surface area contributed by atoms with Crippen molar-refractivity contribution in [3.05, 3.63) is 134 Å². The van der Waals surface area contributed by atoms with Crippen LogP contribution in [0, 0.1) is 27.7 Å². The fourth-order valence-corrected chi connectivity index (χ4v) is 8.87. The van der Waals surface area contributed by atoms with Gasteiger partial charge in [0.15, 0.2) is 0 Å². The predicted octanol–water partition coefficient (Wildman–Crippen LogP) is 15.1. The Bertz CT molecular complexity index is 3260. The van der Waals surface area contributed by atoms with Crippen LogP contribution in [-0.2, 0) is 28.2 Å². The smallest absolute Gasteiger partial charge is 0.145 e. The van der Waals surface area contributed by atoms with E-state index in [0.717, 1.165) is 55.5 Å². The third-order valence-electron chi connectivity index (χ3n) is 13.8. The van der Waals surface area contributed by atoms with E-state index < -0.39 is 0 Å². The van der Waals surface area contributed by atoms with Crippen LogP contribution in [0.25, 0.3) is 44.7 Å². The number of aromatic nitrogens is 2. The maximum atomic E-state index is 12.9. The Morgan fingerprint density at radius 3 is 1.24 bits per heavy atom. The van der Waals surface area contributed by atoms with E-state index in [2.05, 4.69) is 114 Å². The van der Waals surface area contributed by atoms with Crippen molar-refractivity contribution < 1.29 is 20.4 Å². The molecule has 0 aliphatic carbocycles. The number of hydrogen-bond donors (Lipinski definition) is 4. The minimum Gasteiger partial charge on any atom is -0.507 e. The molecule has 6 aromatic carbocycles. The summed E-state index contributed by atoms with van der Waals surface area (Å²) >= 11 is 0. The van der Waals surface area contributed by atoms with Crippen LogP contribution in [0.1, 0.15) is 144 Å². The molecule has 352 valence electrons. The molecule has 7 aromatic rings. The van der Waals surface area contributed by atoms with E-state index in [1.807, 2.05) is 74.5 Å². The zero-order chi connectivity index (χ0) is 49.7. The second-order valence-electron chi connectivity index (χ2n) is 23.3. The van der Waals surface area contributed by atoms with Gasteiger partial charge in [-0.15, -0.1) is 0 Å². The van der Waals surface area contributed by atoms with Gasteiger partial charge in [-0.1, -0.05) is 83.1 Å². The number of phenolic OH excluding ortho intramolecular Hbond substituents is 4. The minimum absolute atomic E-state index is 0.0124. The summed E-state index contributed by atoms with van der Waals surface area (Å²) in [6, 6.07) is 24.1. The molecule has 0 saturated carbocycles. The molecule has 0 unspecified atom stereocenters. The van der Waals surface area contributed by atoms with Crippen LogP contribution >= 0.6 is 0 Å². The summed E-state index contributed by atoms with van der Waals surface area (Å²) in [4.78, 5) is 15.4. The summed E-state index contributed by atoms with van der Waals surface area (Å²) < 4.78 is 2.08. The van der Waals surface area contributed by atoms with Gasteiger partial charge in [-0.05, 0) is 167 Å². The van der Waals surface area contributed by atoms with Crippen LogP contribution in [0.2, 0.25) is 0 Å². The summed E-state index contributed by atoms with van der Waals surface area (Å²) in [6.07, 6.45) is 3.35. The van der Waals surface area contributed by atoms with Crippen molar-refractivity contribution in [2.45, 2.75) is 139 Å². The second kappa shape index (κ2) is 16.5. The molecule has 0 amide bonds. The van der Waals surface area contributed by atoms with Crippen molar-refractivity contribution in [2.24, 2.45) is 9.98 Å². The minimum atomic E-state index is -0.383. The van der Waals surface area contributed by atoms with E-state index in [9.17, 15) is 20.4 Å². The van der Waals surface area contributed by atoms with Gasteiger partial charge in [0, 0.05) is 51.4 Å². The van der Waals surface area contributed by atoms with Crippen LogP contribution in [-0.4, -0.2) is 42.4 Å². The van der Waals surface area contributed by atoms with E-state index in [4.69, 9.17) is 15.0 Å². The van der Waals surface area contributed by atoms with Gasteiger partial charge in [0.2, 0.25) is 0 Å². The number of benzene rings is 6. The summed E-state index contributed by atoms with van der Waals surface area (Å²) in [5.41, 5.74) is 13.3. The lowest BCUT2D eigenvalue weighted by Crippen LogP contribution is -2.14. The quantitative estimate of drug-likeness (QED) is 0.121. The Hall–Kier alpha value is -6.67. The zero-order valence-corrected chi connectivity index (χ0v) is 42.9. The van der Waals surface area contributed by atoms with Crippen molar-refractivity contribution in [3.63, 3.8) is 0 Å². The van der Waals surface area contributed by atoms with Crippen LogP contribution in [0.4, 0.5) is 11.4 Å². The highest BCUT2D eigenvalue weighted by molar-refractivity contribution is 5.96. The number of phenols is 4. The van der Waals surface area contributed by atoms with Crippen molar-refractivity contribution in [3.8, 4) is 56.6 Å². The van der Waals surface area contributed by atoms with Gasteiger partial charge in [-0.25, -0.2) is 4.98 Å². The highest BCUT2D eigenvalue weighted by Crippen LogP contribution is 2.49. The molecule has 0 radical (unpaired) electrons. The van der Waals surface area contributed by atoms with E-state index in [0.29, 0.717) is 61.7 Å². The molecule has 0 atom stereocenters. The fourth-order valence-electron chi connectivity index (χ4n) is 8.87. The Morgan fingerprint density at radius 1 is 0.412 bits per heavy atom. The molecule has 2 heterocycles. The molecule has 0 saturated heterocycles. The average molecular weight is 909 g/mol. The van der Waals surface area contributed by atoms with Crippen molar-refractivity contribution >= 4 is 34.8 Å². The standard InChI is InChI=1S/C60H68N4O4/c1-32-17-48-49(18-33(32)2)62-30-37-22-40(58(8,9)10)25-45(53(37)66)46-27-42(60(14,15)16)28-47(55(46)68)56-63-50-19-34(3)35(4)20-51(50)64(56)31-38-23-41(59(11,12)13)26-44(54(38)67)43-24-39(57(5,6)7)21-36(29-61-48)52(43)65/h17-30,65-68H,31H2,1-16H3. The van der Waals surface area contributed by atoms with Gasteiger partial charge < -0.3 is 25.0 Å². The van der Waals surface area contributed by atoms with Gasteiger partial charge in [0.25, 0.3) is 0 Å². The third kappa shape index (κ3) is 8.81. The van der Waals surface area contributed by atoms with Gasteiger partial charge in [0.05, 0.1) is 34.5 Å². The monoisotopic (exact) mass is 909 g/mol. The van der Waals surface area contributed by atoms with Crippen LogP contribution in [0.5, 0.6) is 23.0 Å². The maximum Gasteiger partial charge on any atom is 0.145 e. The molecule has 1 aliphatic heterocycles. The Labute approximate surface area is 402 Å². The number of aryl methyl sites for hydroxylation is 4. The van der Waals surface area contributed by atoms with E-state index in [1.165, 1.54) is 0 Å². The van der Waals surface area contributed by atoms with E-state index in [1.54, 1.807) is 12.4 Å². The topological polar surface area (TPSA) is 123 Å². The first-order chi connectivity index (χ1) is 31.5. The first-order valence-electron chi connectivity index (χ1n) is 23.7. The number of aliphatic imine (C=N–C) groups is 2. The first kappa shape index (κ1) is 47.8. The molecule has 0 fully saturated rings. The molecule has 1 aliphatic rings. The first-order valence-corrected chi connectivity index (χ1v) is 23.7. The molecule has 8 heteroatoms. The summed E-state index contributed by atoms with van der Waals surface area (Å²) in [5.74, 6) is 0.464. The SMILES string of the molecule is Cc1cc2c(cc1C)N=Cc1cc(C(C)(C)C)cc(c1O)-c1cc(C(C)(C)C)cc(c1O)-c1nc3cc(C)c(C)cc3n1Cc1cc(C(C)(C)C)cc(c1O)-c1cc(C(C)(C)C)cc(c1O)C=N2. The summed E-state index contributed by atoms with van der Waals surface area (Å²) in [7, 11) is 0. The lowest BCUT2D eigenvalue weighted by Gasteiger charge is -2.26. The third-order valence-corrected chi connectivity index (χ3v) is 13.8. The molecule has 8 nitrogen and oxygen atoms in total. The molecule has 8 rings (SSSR count). The number of rotatable bonds is 0. The Morgan fingerprint density at radius 2 is 0.779 bits per heavy atom. The maximum absolute atomic E-state index is 12.9. The zero-order valence-electron chi connectivity index (χ0n) is 42.9. The number of fused-ring (bicyclic) bond motifs is 15. The number of imidazole rings is 1. The van der Waals surface area contributed by atoms with Gasteiger partial charge >= 0.3 is 0 Å². The van der Waals surface area contributed by atoms with Crippen molar-refractivity contribution in [2.75, 3.05) is 0 Å². The Balaban J connectivity index is 1.57. The van der Waals surface area contributed by atoms with E-state index >= 15 is 0 Å². The predicted molar refractivity (Wildman–Crippen MR) is 283 cm³/mol. The number of hydrogen-bond acceptors (Lipinski definition) is 7. The van der Waals surface area contributed by atoms with Crippen molar-refractivity contribution in [1.29, 1.82) is 0 Å². The number of nitrogens with zero attached hydrogens (tertiary/aromatic N) is 4. The van der Waals surface area contributed by atoms with Gasteiger partial charge in [-0.3, -0.25) is 9.98 Å². The Kier molecular flexibility index (Phi) is 11.6. The average Bonchev–Trinajstić information content (AvgIpc) is 3.56. The molecule has 4 N–H and O–H groups in total. The summed E-state index contributed by atoms with van der Waals surface area (Å²) in [6.45, 7) is 34.0. The van der Waals surface area contributed by atoms with Crippen LogP contribution in [0.15, 0.2) is 82.8 Å². The molecule has 8 bridgehead atoms. The largest absolute Gasteiger partial charge is 0.507 e. The molecule has 0 spiro atoms. The molecular formula is C60H68N4O4. The van der Waals surface area contributed by atoms with Gasteiger partial charge in [-0.2, -0.15) is 0 Å². The van der Waals surface area contributed by atoms with E-state index in [-0.39, 0.29) is 51.2 Å². The van der Waals surface area contributed by atoms with Crippen molar-refractivity contribution in [1.82, 2.24) is 9.55 Å². The number of aromatic hydroxyl groups is 4. The molecule has 1 aromatic heterocycles. The molecule has 68 heavy (non-hydrogen) atoms. The highest BCUT2D eigenvalue weighted by atomic mass is 16.3. The summed E-state index contributed by atoms with van der Waals surface area (Å²) in [5, 5.41) is 50.6. The fraction of sp³-hybridized carbons (Fsp3) is 0.350. The normalized spacial score (nSPS) is 13.4. The highest BCUT2D eigenvalue weighted by Gasteiger charge is 2.30. The molecular weight excluding hydrogens is 841 g/mol. The lowest BCUT2D eigenvalue weighted by molar-refractivity contribution is 0.461. The second-order valence-corrected chi connectivity index (χ2v) is 23.3. The van der Waals surface area contributed by atoms with Crippen LogP contribution < -0.4 is 0 Å².